The van der Waals surface area contributed by atoms with Crippen molar-refractivity contribution in [3.8, 4) is 5.75 Å². The van der Waals surface area contributed by atoms with E-state index in [9.17, 15) is 9.59 Å². The number of carboxylic acid groups (broad SMARTS) is 1. The standard InChI is InChI=1S/C18H25NO5/c1-12(8-14-6-4-5-7-15(14)23-3)9-17(20)19-10-13(2)24-16(11-19)18(21)22/h4-7,12-13,16H,8-11H2,1-3H3,(H,21,22)/t12?,13-,16?/m1/s1. The smallest absolute Gasteiger partial charge is 0.334 e. The second-order valence-corrected chi connectivity index (χ2v) is 6.40. The van der Waals surface area contributed by atoms with Gasteiger partial charge in [0.1, 0.15) is 5.75 Å². The monoisotopic (exact) mass is 335 g/mol. The molecule has 1 N–H and O–H groups in total. The minimum atomic E-state index is -1.03. The predicted molar refractivity (Wildman–Crippen MR) is 89.0 cm³/mol. The van der Waals surface area contributed by atoms with Gasteiger partial charge in [-0.1, -0.05) is 25.1 Å². The van der Waals surface area contributed by atoms with Crippen LogP contribution in [0.15, 0.2) is 24.3 Å². The predicted octanol–water partition coefficient (Wildman–Crippen LogP) is 1.96. The summed E-state index contributed by atoms with van der Waals surface area (Å²) in [5.41, 5.74) is 1.07. The minimum absolute atomic E-state index is 0.0289. The molecule has 24 heavy (non-hydrogen) atoms. The Labute approximate surface area is 142 Å². The van der Waals surface area contributed by atoms with Gasteiger partial charge in [-0.2, -0.15) is 0 Å². The first-order valence-electron chi connectivity index (χ1n) is 8.18. The van der Waals surface area contributed by atoms with E-state index in [-0.39, 0.29) is 24.5 Å². The molecule has 1 amide bonds. The van der Waals surface area contributed by atoms with Crippen molar-refractivity contribution < 1.29 is 24.2 Å². The van der Waals surface area contributed by atoms with Crippen LogP contribution in [-0.4, -0.2) is 54.3 Å². The third kappa shape index (κ3) is 4.71. The molecule has 6 nitrogen and oxygen atoms in total. The summed E-state index contributed by atoms with van der Waals surface area (Å²) in [5.74, 6) is -0.0989. The van der Waals surface area contributed by atoms with Crippen molar-refractivity contribution in [3.63, 3.8) is 0 Å². The Kier molecular flexibility index (Phi) is 6.20. The van der Waals surface area contributed by atoms with Crippen molar-refractivity contribution in [1.29, 1.82) is 0 Å². The molecule has 0 spiro atoms. The van der Waals surface area contributed by atoms with Crippen molar-refractivity contribution in [3.05, 3.63) is 29.8 Å². The molecule has 1 fully saturated rings. The molecule has 1 aliphatic heterocycles. The Morgan fingerprint density at radius 3 is 2.75 bits per heavy atom. The van der Waals surface area contributed by atoms with Crippen LogP contribution in [0, 0.1) is 5.92 Å². The lowest BCUT2D eigenvalue weighted by atomic mass is 9.96. The molecule has 0 bridgehead atoms. The summed E-state index contributed by atoms with van der Waals surface area (Å²) in [7, 11) is 1.63. The number of hydrogen-bond acceptors (Lipinski definition) is 4. The van der Waals surface area contributed by atoms with E-state index in [0.717, 1.165) is 17.7 Å². The molecule has 2 rings (SSSR count). The lowest BCUT2D eigenvalue weighted by Gasteiger charge is -2.35. The fourth-order valence-corrected chi connectivity index (χ4v) is 3.04. The van der Waals surface area contributed by atoms with Gasteiger partial charge in [0.2, 0.25) is 5.91 Å². The quantitative estimate of drug-likeness (QED) is 0.860. The summed E-state index contributed by atoms with van der Waals surface area (Å²) in [6.45, 7) is 4.35. The minimum Gasteiger partial charge on any atom is -0.496 e. The van der Waals surface area contributed by atoms with E-state index in [1.54, 1.807) is 18.9 Å². The number of methoxy groups -OCH3 is 1. The summed E-state index contributed by atoms with van der Waals surface area (Å²) < 4.78 is 10.7. The van der Waals surface area contributed by atoms with Crippen molar-refractivity contribution in [2.45, 2.75) is 38.9 Å². The van der Waals surface area contributed by atoms with E-state index in [4.69, 9.17) is 14.6 Å². The van der Waals surface area contributed by atoms with Crippen molar-refractivity contribution in [2.75, 3.05) is 20.2 Å². The summed E-state index contributed by atoms with van der Waals surface area (Å²) in [5, 5.41) is 9.11. The summed E-state index contributed by atoms with van der Waals surface area (Å²) in [6.07, 6.45) is -0.106. The lowest BCUT2D eigenvalue weighted by Crippen LogP contribution is -2.52. The first kappa shape index (κ1) is 18.3. The van der Waals surface area contributed by atoms with Crippen LogP contribution >= 0.6 is 0 Å². The van der Waals surface area contributed by atoms with Crippen LogP contribution in [-0.2, 0) is 20.7 Å². The molecule has 3 atom stereocenters. The Bertz CT molecular complexity index is 589. The lowest BCUT2D eigenvalue weighted by molar-refractivity contribution is -0.166. The molecule has 0 aromatic heterocycles. The fraction of sp³-hybridized carbons (Fsp3) is 0.556. The van der Waals surface area contributed by atoms with Gasteiger partial charge in [0.25, 0.3) is 0 Å². The highest BCUT2D eigenvalue weighted by Crippen LogP contribution is 2.23. The number of benzene rings is 1. The van der Waals surface area contributed by atoms with Crippen molar-refractivity contribution >= 4 is 11.9 Å². The van der Waals surface area contributed by atoms with Gasteiger partial charge in [0.15, 0.2) is 6.10 Å². The Morgan fingerprint density at radius 1 is 1.38 bits per heavy atom. The molecule has 132 valence electrons. The molecule has 1 aliphatic rings. The largest absolute Gasteiger partial charge is 0.496 e. The third-order valence-corrected chi connectivity index (χ3v) is 4.17. The highest BCUT2D eigenvalue weighted by atomic mass is 16.5. The number of carbonyl (C=O) groups excluding carboxylic acids is 1. The molecule has 0 radical (unpaired) electrons. The molecule has 1 heterocycles. The number of carbonyl (C=O) groups is 2. The van der Waals surface area contributed by atoms with E-state index in [1.807, 2.05) is 31.2 Å². The molecular formula is C18H25NO5. The van der Waals surface area contributed by atoms with Crippen LogP contribution in [0.1, 0.15) is 25.8 Å². The number of morpholine rings is 1. The zero-order valence-corrected chi connectivity index (χ0v) is 14.4. The summed E-state index contributed by atoms with van der Waals surface area (Å²) >= 11 is 0. The topological polar surface area (TPSA) is 76.1 Å². The van der Waals surface area contributed by atoms with Gasteiger partial charge in [-0.25, -0.2) is 4.79 Å². The van der Waals surface area contributed by atoms with Crippen LogP contribution in [0.2, 0.25) is 0 Å². The normalized spacial score (nSPS) is 22.0. The van der Waals surface area contributed by atoms with Crippen LogP contribution in [0.5, 0.6) is 5.75 Å². The number of carboxylic acids is 1. The van der Waals surface area contributed by atoms with E-state index < -0.39 is 12.1 Å². The first-order chi connectivity index (χ1) is 11.4. The average Bonchev–Trinajstić information content (AvgIpc) is 2.54. The van der Waals surface area contributed by atoms with Crippen molar-refractivity contribution in [2.24, 2.45) is 5.92 Å². The molecule has 1 aromatic carbocycles. The zero-order chi connectivity index (χ0) is 17.7. The number of amides is 1. The SMILES string of the molecule is COc1ccccc1CC(C)CC(=O)N1CC(C(=O)O)O[C@H](C)C1. The number of para-hydroxylation sites is 1. The van der Waals surface area contributed by atoms with Gasteiger partial charge >= 0.3 is 5.97 Å². The maximum atomic E-state index is 12.5. The summed E-state index contributed by atoms with van der Waals surface area (Å²) in [6, 6.07) is 7.77. The first-order valence-corrected chi connectivity index (χ1v) is 8.18. The van der Waals surface area contributed by atoms with Crippen molar-refractivity contribution in [1.82, 2.24) is 4.90 Å². The molecule has 0 saturated carbocycles. The van der Waals surface area contributed by atoms with E-state index in [2.05, 4.69) is 0 Å². The molecule has 2 unspecified atom stereocenters. The second-order valence-electron chi connectivity index (χ2n) is 6.40. The zero-order valence-electron chi connectivity index (χ0n) is 14.4. The maximum Gasteiger partial charge on any atom is 0.334 e. The van der Waals surface area contributed by atoms with Gasteiger partial charge in [-0.3, -0.25) is 4.79 Å². The Hall–Kier alpha value is -2.08. The van der Waals surface area contributed by atoms with E-state index >= 15 is 0 Å². The van der Waals surface area contributed by atoms with Crippen LogP contribution < -0.4 is 4.74 Å². The third-order valence-electron chi connectivity index (χ3n) is 4.17. The highest BCUT2D eigenvalue weighted by molar-refractivity contribution is 5.79. The highest BCUT2D eigenvalue weighted by Gasteiger charge is 2.32. The molecule has 0 aliphatic carbocycles. The number of nitrogens with zero attached hydrogens (tertiary/aromatic N) is 1. The molecule has 6 heteroatoms. The van der Waals surface area contributed by atoms with Gasteiger partial charge in [-0.05, 0) is 30.9 Å². The van der Waals surface area contributed by atoms with Gasteiger partial charge in [-0.15, -0.1) is 0 Å². The molecular weight excluding hydrogens is 310 g/mol. The number of aliphatic carboxylic acids is 1. The summed E-state index contributed by atoms with van der Waals surface area (Å²) in [4.78, 5) is 25.2. The van der Waals surface area contributed by atoms with E-state index in [0.29, 0.717) is 13.0 Å². The molecule has 1 aromatic rings. The van der Waals surface area contributed by atoms with Gasteiger partial charge in [0, 0.05) is 13.0 Å². The second kappa shape index (κ2) is 8.15. The fourth-order valence-electron chi connectivity index (χ4n) is 3.04. The van der Waals surface area contributed by atoms with Gasteiger partial charge in [0.05, 0.1) is 19.8 Å². The van der Waals surface area contributed by atoms with Crippen LogP contribution in [0.4, 0.5) is 0 Å². The number of hydrogen-bond donors (Lipinski definition) is 1. The van der Waals surface area contributed by atoms with E-state index in [1.165, 1.54) is 0 Å². The Balaban J connectivity index is 1.94. The average molecular weight is 335 g/mol. The van der Waals surface area contributed by atoms with Crippen LogP contribution in [0.25, 0.3) is 0 Å². The van der Waals surface area contributed by atoms with Gasteiger partial charge < -0.3 is 19.5 Å². The number of ether oxygens (including phenoxy) is 2. The van der Waals surface area contributed by atoms with Crippen LogP contribution in [0.3, 0.4) is 0 Å². The number of rotatable bonds is 6. The maximum absolute atomic E-state index is 12.5. The molecule has 1 saturated heterocycles. The Morgan fingerprint density at radius 2 is 2.08 bits per heavy atom.